The van der Waals surface area contributed by atoms with Crippen molar-refractivity contribution in [1.29, 1.82) is 0 Å². The molecule has 0 atom stereocenters. The van der Waals surface area contributed by atoms with Gasteiger partial charge in [-0.3, -0.25) is 4.98 Å². The summed E-state index contributed by atoms with van der Waals surface area (Å²) in [6, 6.07) is 12.5. The Bertz CT molecular complexity index is 643. The molecule has 0 amide bonds. The van der Waals surface area contributed by atoms with Crippen LogP contribution in [0.1, 0.15) is 64.1 Å². The van der Waals surface area contributed by atoms with E-state index in [9.17, 15) is 0 Å². The fourth-order valence-corrected chi connectivity index (χ4v) is 2.66. The van der Waals surface area contributed by atoms with Crippen molar-refractivity contribution in [2.24, 2.45) is 0 Å². The normalized spacial score (nSPS) is 12.5. The van der Waals surface area contributed by atoms with Crippen LogP contribution in [0.2, 0.25) is 5.02 Å². The van der Waals surface area contributed by atoms with Crippen molar-refractivity contribution in [3.63, 3.8) is 0 Å². The summed E-state index contributed by atoms with van der Waals surface area (Å²) in [4.78, 5) is 5.00. The summed E-state index contributed by atoms with van der Waals surface area (Å²) in [5, 5.41) is 0.774. The minimum Gasteiger partial charge on any atom is -0.257 e. The second kappa shape index (κ2) is 6.04. The van der Waals surface area contributed by atoms with Gasteiger partial charge in [0.2, 0.25) is 0 Å². The van der Waals surface area contributed by atoms with Gasteiger partial charge in [0.25, 0.3) is 0 Å². The van der Waals surface area contributed by atoms with E-state index in [1.54, 1.807) is 0 Å². The van der Waals surface area contributed by atoms with Gasteiger partial charge in [-0.2, -0.15) is 0 Å². The molecular weight excluding hydrogens is 290 g/mol. The van der Waals surface area contributed by atoms with E-state index in [1.165, 1.54) is 16.8 Å². The lowest BCUT2D eigenvalue weighted by molar-refractivity contribution is 0.549. The molecule has 2 aromatic rings. The van der Waals surface area contributed by atoms with Crippen LogP contribution in [0.4, 0.5) is 0 Å². The second-order valence-electron chi connectivity index (χ2n) is 7.99. The first-order chi connectivity index (χ1) is 10.1. The Balaban J connectivity index is 2.47. The third kappa shape index (κ3) is 4.10. The fourth-order valence-electron chi connectivity index (χ4n) is 2.53. The van der Waals surface area contributed by atoms with Crippen molar-refractivity contribution in [1.82, 2.24) is 4.98 Å². The van der Waals surface area contributed by atoms with E-state index in [0.29, 0.717) is 0 Å². The maximum absolute atomic E-state index is 5.99. The Labute approximate surface area is 139 Å². The molecule has 2 heteroatoms. The molecule has 0 spiro atoms. The van der Waals surface area contributed by atoms with Gasteiger partial charge >= 0.3 is 0 Å². The lowest BCUT2D eigenvalue weighted by Crippen LogP contribution is -2.20. The summed E-state index contributed by atoms with van der Waals surface area (Å²) >= 11 is 5.99. The van der Waals surface area contributed by atoms with E-state index in [4.69, 9.17) is 16.6 Å². The molecular formula is C20H26ClN. The largest absolute Gasteiger partial charge is 0.257 e. The minimum atomic E-state index is 0.0607. The van der Waals surface area contributed by atoms with E-state index in [0.717, 1.165) is 17.1 Å². The highest BCUT2D eigenvalue weighted by Gasteiger charge is 2.22. The van der Waals surface area contributed by atoms with Crippen molar-refractivity contribution in [2.75, 3.05) is 0 Å². The summed E-state index contributed by atoms with van der Waals surface area (Å²) in [5.41, 5.74) is 5.02. The van der Waals surface area contributed by atoms with E-state index >= 15 is 0 Å². The zero-order chi connectivity index (χ0) is 16.5. The Hall–Kier alpha value is -1.34. The minimum absolute atomic E-state index is 0.0607. The quantitative estimate of drug-likeness (QED) is 0.670. The first kappa shape index (κ1) is 17.0. The van der Waals surface area contributed by atoms with Crippen molar-refractivity contribution < 1.29 is 0 Å². The molecule has 0 saturated carbocycles. The molecule has 0 aliphatic carbocycles. The van der Waals surface area contributed by atoms with E-state index in [-0.39, 0.29) is 10.8 Å². The molecule has 0 aliphatic rings. The Kier molecular flexibility index (Phi) is 4.67. The van der Waals surface area contributed by atoms with Crippen molar-refractivity contribution in [3.8, 4) is 0 Å². The van der Waals surface area contributed by atoms with Gasteiger partial charge < -0.3 is 0 Å². The number of aromatic nitrogens is 1. The van der Waals surface area contributed by atoms with E-state index in [1.807, 2.05) is 12.1 Å². The van der Waals surface area contributed by atoms with Crippen LogP contribution in [0, 0.1) is 0 Å². The summed E-state index contributed by atoms with van der Waals surface area (Å²) in [6.07, 6.45) is 0.841. The molecule has 1 aromatic carbocycles. The lowest BCUT2D eigenvalue weighted by atomic mass is 9.82. The average molecular weight is 316 g/mol. The molecule has 0 saturated heterocycles. The van der Waals surface area contributed by atoms with Crippen LogP contribution < -0.4 is 0 Å². The number of rotatable bonds is 2. The van der Waals surface area contributed by atoms with Gasteiger partial charge in [0.05, 0.1) is 0 Å². The maximum atomic E-state index is 5.99. The first-order valence-corrected chi connectivity index (χ1v) is 8.20. The highest BCUT2D eigenvalue weighted by atomic mass is 35.5. The molecule has 0 unspecified atom stereocenters. The van der Waals surface area contributed by atoms with Gasteiger partial charge in [-0.25, -0.2) is 0 Å². The smallest absolute Gasteiger partial charge is 0.0488 e. The highest BCUT2D eigenvalue weighted by Crippen LogP contribution is 2.29. The zero-order valence-corrected chi connectivity index (χ0v) is 15.3. The molecule has 0 N–H and O–H groups in total. The van der Waals surface area contributed by atoms with Gasteiger partial charge in [-0.15, -0.1) is 0 Å². The molecule has 22 heavy (non-hydrogen) atoms. The number of halogens is 1. The van der Waals surface area contributed by atoms with Crippen molar-refractivity contribution >= 4 is 11.6 Å². The number of benzene rings is 1. The predicted octanol–water partition coefficient (Wildman–Crippen LogP) is 5.92. The summed E-state index contributed by atoms with van der Waals surface area (Å²) in [6.45, 7) is 13.3. The SMILES string of the molecule is CC(C)(C)c1ccc(C(C)(C)C)c(Cc2ccc(Cl)cc2)n1. The number of pyridine rings is 1. The Morgan fingerprint density at radius 1 is 0.818 bits per heavy atom. The highest BCUT2D eigenvalue weighted by molar-refractivity contribution is 6.30. The molecule has 0 radical (unpaired) electrons. The van der Waals surface area contributed by atoms with Crippen molar-refractivity contribution in [3.05, 3.63) is 63.9 Å². The van der Waals surface area contributed by atoms with Gasteiger partial charge in [0.15, 0.2) is 0 Å². The first-order valence-electron chi connectivity index (χ1n) is 7.83. The summed E-state index contributed by atoms with van der Waals surface area (Å²) in [5.74, 6) is 0. The third-order valence-corrected chi connectivity index (χ3v) is 4.09. The van der Waals surface area contributed by atoms with Gasteiger partial charge in [-0.05, 0) is 34.7 Å². The van der Waals surface area contributed by atoms with Crippen LogP contribution in [-0.2, 0) is 17.3 Å². The standard InChI is InChI=1S/C20H26ClN/c1-19(2,3)16-11-12-18(20(4,5)6)22-17(16)13-14-7-9-15(21)10-8-14/h7-12H,13H2,1-6H3. The van der Waals surface area contributed by atoms with E-state index in [2.05, 4.69) is 65.8 Å². The molecule has 0 bridgehead atoms. The van der Waals surface area contributed by atoms with Crippen LogP contribution in [0.15, 0.2) is 36.4 Å². The van der Waals surface area contributed by atoms with Gasteiger partial charge in [-0.1, -0.05) is 71.3 Å². The summed E-state index contributed by atoms with van der Waals surface area (Å²) < 4.78 is 0. The van der Waals surface area contributed by atoms with E-state index < -0.39 is 0 Å². The predicted molar refractivity (Wildman–Crippen MR) is 95.9 cm³/mol. The molecule has 1 aromatic heterocycles. The third-order valence-electron chi connectivity index (χ3n) is 3.84. The molecule has 1 nitrogen and oxygen atoms in total. The summed E-state index contributed by atoms with van der Waals surface area (Å²) in [7, 11) is 0. The number of hydrogen-bond acceptors (Lipinski definition) is 1. The number of hydrogen-bond donors (Lipinski definition) is 0. The Morgan fingerprint density at radius 2 is 1.41 bits per heavy atom. The molecule has 1 heterocycles. The lowest BCUT2D eigenvalue weighted by Gasteiger charge is -2.26. The molecule has 118 valence electrons. The van der Waals surface area contributed by atoms with Crippen LogP contribution in [-0.4, -0.2) is 4.98 Å². The molecule has 2 rings (SSSR count). The monoisotopic (exact) mass is 315 g/mol. The van der Waals surface area contributed by atoms with Crippen LogP contribution >= 0.6 is 11.6 Å². The fraction of sp³-hybridized carbons (Fsp3) is 0.450. The average Bonchev–Trinajstić information content (AvgIpc) is 2.39. The second-order valence-corrected chi connectivity index (χ2v) is 8.43. The Morgan fingerprint density at radius 3 is 1.91 bits per heavy atom. The van der Waals surface area contributed by atoms with Crippen molar-refractivity contribution in [2.45, 2.75) is 58.8 Å². The van der Waals surface area contributed by atoms with Gasteiger partial charge in [0.1, 0.15) is 0 Å². The zero-order valence-electron chi connectivity index (χ0n) is 14.5. The molecule has 0 fully saturated rings. The number of nitrogens with zero attached hydrogens (tertiary/aromatic N) is 1. The molecule has 0 aliphatic heterocycles. The van der Waals surface area contributed by atoms with Crippen LogP contribution in [0.25, 0.3) is 0 Å². The topological polar surface area (TPSA) is 12.9 Å². The van der Waals surface area contributed by atoms with Crippen LogP contribution in [0.3, 0.4) is 0 Å². The van der Waals surface area contributed by atoms with Crippen LogP contribution in [0.5, 0.6) is 0 Å². The maximum Gasteiger partial charge on any atom is 0.0488 e. The van der Waals surface area contributed by atoms with Gasteiger partial charge in [0, 0.05) is 28.2 Å².